The van der Waals surface area contributed by atoms with Crippen LogP contribution in [0, 0.1) is 0 Å². The zero-order chi connectivity index (χ0) is 5.61. The molecule has 2 heterocycles. The van der Waals surface area contributed by atoms with Gasteiger partial charge in [-0.05, 0) is 25.9 Å². The SMILES string of the molecule is SC12CCN(CC1)C2. The summed E-state index contributed by atoms with van der Waals surface area (Å²) in [5.41, 5.74) is 0. The van der Waals surface area contributed by atoms with E-state index in [0.29, 0.717) is 4.75 Å². The highest BCUT2D eigenvalue weighted by atomic mass is 32.1. The zero-order valence-electron chi connectivity index (χ0n) is 4.93. The first-order chi connectivity index (χ1) is 3.79. The summed E-state index contributed by atoms with van der Waals surface area (Å²) >= 11 is 4.58. The Labute approximate surface area is 55.5 Å². The third-order valence-electron chi connectivity index (χ3n) is 2.30. The maximum absolute atomic E-state index is 4.58. The minimum Gasteiger partial charge on any atom is -0.302 e. The van der Waals surface area contributed by atoms with Gasteiger partial charge < -0.3 is 4.90 Å². The van der Waals surface area contributed by atoms with Crippen LogP contribution >= 0.6 is 12.6 Å². The molecule has 2 aliphatic heterocycles. The molecular formula is C6H11NS. The molecule has 0 unspecified atom stereocenters. The number of fused-ring (bicyclic) bond motifs is 2. The molecule has 0 N–H and O–H groups in total. The van der Waals surface area contributed by atoms with E-state index in [0.717, 1.165) is 0 Å². The van der Waals surface area contributed by atoms with Gasteiger partial charge in [0.1, 0.15) is 0 Å². The molecule has 0 radical (unpaired) electrons. The molecule has 2 saturated heterocycles. The topological polar surface area (TPSA) is 3.24 Å². The lowest BCUT2D eigenvalue weighted by Crippen LogP contribution is -2.19. The van der Waals surface area contributed by atoms with Crippen LogP contribution in [0.1, 0.15) is 12.8 Å². The van der Waals surface area contributed by atoms with E-state index in [-0.39, 0.29) is 0 Å². The highest BCUT2D eigenvalue weighted by Crippen LogP contribution is 2.36. The fraction of sp³-hybridized carbons (Fsp3) is 1.00. The van der Waals surface area contributed by atoms with Crippen LogP contribution in [0.2, 0.25) is 0 Å². The fourth-order valence-electron chi connectivity index (χ4n) is 1.70. The lowest BCUT2D eigenvalue weighted by molar-refractivity contribution is 0.369. The van der Waals surface area contributed by atoms with Gasteiger partial charge in [0, 0.05) is 11.3 Å². The van der Waals surface area contributed by atoms with Gasteiger partial charge in [0.15, 0.2) is 0 Å². The Bertz CT molecular complexity index is 105. The average molecular weight is 129 g/mol. The van der Waals surface area contributed by atoms with E-state index in [1.165, 1.54) is 32.5 Å². The summed E-state index contributed by atoms with van der Waals surface area (Å²) < 4.78 is 0.431. The quantitative estimate of drug-likeness (QED) is 0.473. The minimum absolute atomic E-state index is 0.431. The van der Waals surface area contributed by atoms with Gasteiger partial charge in [-0.25, -0.2) is 0 Å². The minimum atomic E-state index is 0.431. The first kappa shape index (κ1) is 5.12. The summed E-state index contributed by atoms with van der Waals surface area (Å²) in [7, 11) is 0. The van der Waals surface area contributed by atoms with E-state index >= 15 is 0 Å². The Morgan fingerprint density at radius 2 is 1.88 bits per heavy atom. The van der Waals surface area contributed by atoms with Crippen molar-refractivity contribution in [2.75, 3.05) is 19.6 Å². The van der Waals surface area contributed by atoms with Crippen molar-refractivity contribution in [3.63, 3.8) is 0 Å². The maximum atomic E-state index is 4.58. The van der Waals surface area contributed by atoms with Gasteiger partial charge in [-0.1, -0.05) is 0 Å². The predicted molar refractivity (Wildman–Crippen MR) is 37.4 cm³/mol. The summed E-state index contributed by atoms with van der Waals surface area (Å²) in [4.78, 5) is 2.49. The highest BCUT2D eigenvalue weighted by Gasteiger charge is 2.40. The molecule has 0 aromatic heterocycles. The van der Waals surface area contributed by atoms with Crippen LogP contribution in [-0.2, 0) is 0 Å². The van der Waals surface area contributed by atoms with Crippen LogP contribution in [0.4, 0.5) is 0 Å². The van der Waals surface area contributed by atoms with Crippen molar-refractivity contribution < 1.29 is 0 Å². The maximum Gasteiger partial charge on any atom is 0.0281 e. The Balaban J connectivity index is 2.19. The van der Waals surface area contributed by atoms with Crippen LogP contribution in [0.25, 0.3) is 0 Å². The van der Waals surface area contributed by atoms with Crippen LogP contribution in [0.15, 0.2) is 0 Å². The van der Waals surface area contributed by atoms with Gasteiger partial charge in [0.05, 0.1) is 0 Å². The molecule has 0 amide bonds. The number of hydrogen-bond donors (Lipinski definition) is 1. The van der Waals surface area contributed by atoms with Crippen molar-refractivity contribution in [2.24, 2.45) is 0 Å². The van der Waals surface area contributed by atoms with Gasteiger partial charge in [-0.2, -0.15) is 12.6 Å². The molecule has 2 bridgehead atoms. The Morgan fingerprint density at radius 3 is 2.00 bits per heavy atom. The molecule has 0 aromatic rings. The fourth-order valence-corrected chi connectivity index (χ4v) is 2.10. The van der Waals surface area contributed by atoms with E-state index in [4.69, 9.17) is 0 Å². The largest absolute Gasteiger partial charge is 0.302 e. The standard InChI is InChI=1S/C6H11NS/c8-6-1-3-7(5-6)4-2-6/h8H,1-5H2. The molecule has 0 aromatic carbocycles. The molecular weight excluding hydrogens is 118 g/mol. The lowest BCUT2D eigenvalue weighted by atomic mass is 10.1. The summed E-state index contributed by atoms with van der Waals surface area (Å²) in [5.74, 6) is 0. The lowest BCUT2D eigenvalue weighted by Gasteiger charge is -2.16. The van der Waals surface area contributed by atoms with Gasteiger partial charge in [-0.3, -0.25) is 0 Å². The van der Waals surface area contributed by atoms with Crippen LogP contribution in [0.5, 0.6) is 0 Å². The molecule has 2 aliphatic rings. The third-order valence-corrected chi connectivity index (χ3v) is 2.89. The van der Waals surface area contributed by atoms with Gasteiger partial charge >= 0.3 is 0 Å². The number of nitrogens with zero attached hydrogens (tertiary/aromatic N) is 1. The number of piperidine rings is 1. The smallest absolute Gasteiger partial charge is 0.0281 e. The second kappa shape index (κ2) is 1.42. The third kappa shape index (κ3) is 0.594. The normalized spacial score (nSPS) is 52.9. The van der Waals surface area contributed by atoms with Gasteiger partial charge in [0.25, 0.3) is 0 Å². The summed E-state index contributed by atoms with van der Waals surface area (Å²) in [6.07, 6.45) is 2.63. The van der Waals surface area contributed by atoms with Gasteiger partial charge in [-0.15, -0.1) is 0 Å². The first-order valence-electron chi connectivity index (χ1n) is 3.23. The van der Waals surface area contributed by atoms with Crippen LogP contribution in [-0.4, -0.2) is 29.3 Å². The molecule has 0 aliphatic carbocycles. The van der Waals surface area contributed by atoms with Crippen LogP contribution < -0.4 is 0 Å². The average Bonchev–Trinajstić information content (AvgIpc) is 2.21. The number of rotatable bonds is 0. The summed E-state index contributed by atoms with van der Waals surface area (Å²) in [6.45, 7) is 3.84. The molecule has 0 spiro atoms. The molecule has 2 rings (SSSR count). The second-order valence-corrected chi connectivity index (χ2v) is 3.95. The number of thiol groups is 1. The van der Waals surface area contributed by atoms with E-state index in [2.05, 4.69) is 17.5 Å². The molecule has 2 heteroatoms. The monoisotopic (exact) mass is 129 g/mol. The Hall–Kier alpha value is 0.310. The van der Waals surface area contributed by atoms with Crippen molar-refractivity contribution in [1.29, 1.82) is 0 Å². The van der Waals surface area contributed by atoms with E-state index in [1.807, 2.05) is 0 Å². The highest BCUT2D eigenvalue weighted by molar-refractivity contribution is 7.81. The second-order valence-electron chi connectivity index (χ2n) is 3.00. The van der Waals surface area contributed by atoms with Crippen molar-refractivity contribution in [3.8, 4) is 0 Å². The summed E-state index contributed by atoms with van der Waals surface area (Å²) in [5, 5.41) is 0. The summed E-state index contributed by atoms with van der Waals surface area (Å²) in [6, 6.07) is 0. The molecule has 2 fully saturated rings. The predicted octanol–water partition coefficient (Wildman–Crippen LogP) is 0.764. The Morgan fingerprint density at radius 1 is 1.25 bits per heavy atom. The zero-order valence-corrected chi connectivity index (χ0v) is 5.82. The van der Waals surface area contributed by atoms with Crippen molar-refractivity contribution in [1.82, 2.24) is 4.90 Å². The van der Waals surface area contributed by atoms with E-state index in [9.17, 15) is 0 Å². The molecule has 0 saturated carbocycles. The van der Waals surface area contributed by atoms with E-state index < -0.39 is 0 Å². The van der Waals surface area contributed by atoms with Crippen LogP contribution in [0.3, 0.4) is 0 Å². The van der Waals surface area contributed by atoms with E-state index in [1.54, 1.807) is 0 Å². The molecule has 8 heavy (non-hydrogen) atoms. The van der Waals surface area contributed by atoms with Gasteiger partial charge in [0.2, 0.25) is 0 Å². The molecule has 46 valence electrons. The molecule has 0 atom stereocenters. The molecule has 1 nitrogen and oxygen atoms in total. The Kier molecular flexibility index (Phi) is 0.910. The van der Waals surface area contributed by atoms with Crippen molar-refractivity contribution >= 4 is 12.6 Å². The van der Waals surface area contributed by atoms with Crippen molar-refractivity contribution in [2.45, 2.75) is 17.6 Å². The first-order valence-corrected chi connectivity index (χ1v) is 3.68. The number of hydrogen-bond acceptors (Lipinski definition) is 2. The van der Waals surface area contributed by atoms with Crippen molar-refractivity contribution in [3.05, 3.63) is 0 Å².